The Hall–Kier alpha value is -2.44. The summed E-state index contributed by atoms with van der Waals surface area (Å²) in [6.45, 7) is 9.01. The van der Waals surface area contributed by atoms with Gasteiger partial charge in [-0.1, -0.05) is 35.5 Å². The number of likely N-dealkylation sites (tertiary alicyclic amines) is 1. The molecule has 0 unspecified atom stereocenters. The highest BCUT2D eigenvalue weighted by Crippen LogP contribution is 2.37. The van der Waals surface area contributed by atoms with E-state index in [4.69, 9.17) is 9.51 Å². The molecular formula is C22H27N5O. The van der Waals surface area contributed by atoms with Crippen LogP contribution in [-0.4, -0.2) is 39.2 Å². The second kappa shape index (κ2) is 6.87. The summed E-state index contributed by atoms with van der Waals surface area (Å²) in [6, 6.07) is 10.6. The first-order valence-corrected chi connectivity index (χ1v) is 10.2. The highest BCUT2D eigenvalue weighted by atomic mass is 16.5. The molecule has 2 aliphatic heterocycles. The van der Waals surface area contributed by atoms with Crippen LogP contribution < -0.4 is 5.32 Å². The molecule has 1 aromatic carbocycles. The van der Waals surface area contributed by atoms with Gasteiger partial charge in [-0.2, -0.15) is 0 Å². The zero-order valence-electron chi connectivity index (χ0n) is 16.6. The molecule has 3 aromatic rings. The van der Waals surface area contributed by atoms with Gasteiger partial charge in [-0.25, -0.2) is 4.98 Å². The number of hydrogen-bond acceptors (Lipinski definition) is 5. The molecule has 4 heterocycles. The van der Waals surface area contributed by atoms with Crippen molar-refractivity contribution in [3.05, 3.63) is 59.4 Å². The molecule has 2 aromatic heterocycles. The first-order chi connectivity index (χ1) is 13.7. The summed E-state index contributed by atoms with van der Waals surface area (Å²) in [7, 11) is 0. The average molecular weight is 377 g/mol. The lowest BCUT2D eigenvalue weighted by Gasteiger charge is -2.44. The van der Waals surface area contributed by atoms with Crippen LogP contribution in [0.2, 0.25) is 0 Å². The van der Waals surface area contributed by atoms with Crippen LogP contribution in [0.3, 0.4) is 0 Å². The van der Waals surface area contributed by atoms with E-state index in [0.717, 1.165) is 57.0 Å². The Morgan fingerprint density at radius 3 is 2.61 bits per heavy atom. The van der Waals surface area contributed by atoms with Crippen LogP contribution in [0.4, 0.5) is 0 Å². The highest BCUT2D eigenvalue weighted by Gasteiger charge is 2.42. The normalized spacial score (nSPS) is 19.1. The second-order valence-electron chi connectivity index (χ2n) is 8.07. The molecule has 0 amide bonds. The van der Waals surface area contributed by atoms with Crippen molar-refractivity contribution >= 4 is 0 Å². The van der Waals surface area contributed by atoms with Crippen molar-refractivity contribution < 1.29 is 4.52 Å². The van der Waals surface area contributed by atoms with Crippen molar-refractivity contribution in [2.24, 2.45) is 0 Å². The maximum Gasteiger partial charge on any atom is 0.138 e. The molecule has 1 spiro atoms. The van der Waals surface area contributed by atoms with Crippen LogP contribution >= 0.6 is 0 Å². The van der Waals surface area contributed by atoms with E-state index in [9.17, 15) is 0 Å². The molecule has 2 aliphatic rings. The molecule has 0 atom stereocenters. The van der Waals surface area contributed by atoms with E-state index in [1.165, 1.54) is 22.6 Å². The van der Waals surface area contributed by atoms with Crippen LogP contribution in [-0.2, 0) is 18.6 Å². The van der Waals surface area contributed by atoms with Crippen molar-refractivity contribution in [3.8, 4) is 11.3 Å². The first kappa shape index (κ1) is 17.6. The summed E-state index contributed by atoms with van der Waals surface area (Å²) in [5.74, 6) is 2.14. The number of aryl methyl sites for hydroxylation is 2. The quantitative estimate of drug-likeness (QED) is 0.759. The molecule has 0 aliphatic carbocycles. The fraction of sp³-hybridized carbons (Fsp3) is 0.455. The van der Waals surface area contributed by atoms with Gasteiger partial charge in [-0.05, 0) is 32.3 Å². The van der Waals surface area contributed by atoms with Gasteiger partial charge >= 0.3 is 0 Å². The lowest BCUT2D eigenvalue weighted by atomic mass is 9.85. The Balaban J connectivity index is 1.37. The summed E-state index contributed by atoms with van der Waals surface area (Å²) in [5.41, 5.74) is 4.71. The lowest BCUT2D eigenvalue weighted by molar-refractivity contribution is 0.108. The zero-order valence-corrected chi connectivity index (χ0v) is 16.6. The highest BCUT2D eigenvalue weighted by molar-refractivity contribution is 5.59. The Kier molecular flexibility index (Phi) is 4.33. The van der Waals surface area contributed by atoms with Crippen LogP contribution in [0.15, 0.2) is 41.1 Å². The Labute approximate surface area is 165 Å². The van der Waals surface area contributed by atoms with Crippen molar-refractivity contribution in [2.75, 3.05) is 19.6 Å². The third-order valence-corrected chi connectivity index (χ3v) is 6.42. The van der Waals surface area contributed by atoms with Crippen LogP contribution in [0, 0.1) is 13.8 Å². The van der Waals surface area contributed by atoms with Crippen LogP contribution in [0.25, 0.3) is 11.3 Å². The Morgan fingerprint density at radius 2 is 1.89 bits per heavy atom. The topological polar surface area (TPSA) is 59.1 Å². The standard InChI is InChI=1S/C22H27N5O/c1-16-19(17(2)28-25-16)15-26-11-8-22(9-12-26)21-23-14-20(27(21)13-10-24-22)18-6-4-3-5-7-18/h3-7,14,24H,8-13,15H2,1-2H3. The minimum Gasteiger partial charge on any atom is -0.361 e. The number of benzene rings is 1. The van der Waals surface area contributed by atoms with Crippen molar-refractivity contribution in [1.82, 2.24) is 24.9 Å². The molecule has 0 bridgehead atoms. The van der Waals surface area contributed by atoms with Crippen molar-refractivity contribution in [2.45, 2.75) is 45.3 Å². The smallest absolute Gasteiger partial charge is 0.138 e. The number of nitrogens with zero attached hydrogens (tertiary/aromatic N) is 4. The van der Waals surface area contributed by atoms with Gasteiger partial charge in [0.15, 0.2) is 0 Å². The van der Waals surface area contributed by atoms with Gasteiger partial charge in [0, 0.05) is 38.3 Å². The van der Waals surface area contributed by atoms with E-state index in [1.54, 1.807) is 0 Å². The van der Waals surface area contributed by atoms with Gasteiger partial charge in [0.25, 0.3) is 0 Å². The number of piperidine rings is 1. The maximum atomic E-state index is 5.34. The third-order valence-electron chi connectivity index (χ3n) is 6.42. The predicted molar refractivity (Wildman–Crippen MR) is 108 cm³/mol. The first-order valence-electron chi connectivity index (χ1n) is 10.2. The van der Waals surface area contributed by atoms with E-state index in [-0.39, 0.29) is 5.54 Å². The SMILES string of the molecule is Cc1noc(C)c1CN1CCC2(CC1)NCCn1c(-c3ccccc3)cnc12. The van der Waals surface area contributed by atoms with E-state index >= 15 is 0 Å². The minimum atomic E-state index is -0.0134. The molecule has 1 saturated heterocycles. The number of nitrogens with one attached hydrogen (secondary N) is 1. The fourth-order valence-electron chi connectivity index (χ4n) is 4.75. The van der Waals surface area contributed by atoms with Gasteiger partial charge in [-0.3, -0.25) is 4.90 Å². The molecule has 0 saturated carbocycles. The molecule has 0 radical (unpaired) electrons. The van der Waals surface area contributed by atoms with E-state index < -0.39 is 0 Å². The number of rotatable bonds is 3. The summed E-state index contributed by atoms with van der Waals surface area (Å²) < 4.78 is 7.76. The molecule has 1 fully saturated rings. The minimum absolute atomic E-state index is 0.0134. The van der Waals surface area contributed by atoms with Crippen molar-refractivity contribution in [3.63, 3.8) is 0 Å². The van der Waals surface area contributed by atoms with E-state index in [1.807, 2.05) is 13.8 Å². The van der Waals surface area contributed by atoms with Crippen molar-refractivity contribution in [1.29, 1.82) is 0 Å². The van der Waals surface area contributed by atoms with Gasteiger partial charge in [0.1, 0.15) is 11.6 Å². The fourth-order valence-corrected chi connectivity index (χ4v) is 4.75. The summed E-state index contributed by atoms with van der Waals surface area (Å²) in [5, 5.41) is 7.92. The van der Waals surface area contributed by atoms with Gasteiger partial charge < -0.3 is 14.4 Å². The predicted octanol–water partition coefficient (Wildman–Crippen LogP) is 3.25. The largest absolute Gasteiger partial charge is 0.361 e. The molecule has 6 heteroatoms. The molecule has 6 nitrogen and oxygen atoms in total. The Morgan fingerprint density at radius 1 is 1.11 bits per heavy atom. The molecule has 146 valence electrons. The van der Waals surface area contributed by atoms with E-state index in [2.05, 4.69) is 56.5 Å². The summed E-state index contributed by atoms with van der Waals surface area (Å²) >= 11 is 0. The van der Waals surface area contributed by atoms with Crippen LogP contribution in [0.5, 0.6) is 0 Å². The molecule has 5 rings (SSSR count). The molecule has 28 heavy (non-hydrogen) atoms. The Bertz CT molecular complexity index is 947. The summed E-state index contributed by atoms with van der Waals surface area (Å²) in [4.78, 5) is 7.41. The second-order valence-corrected chi connectivity index (χ2v) is 8.07. The van der Waals surface area contributed by atoms with Gasteiger partial charge in [-0.15, -0.1) is 0 Å². The van der Waals surface area contributed by atoms with E-state index in [0.29, 0.717) is 0 Å². The monoisotopic (exact) mass is 377 g/mol. The zero-order chi connectivity index (χ0) is 19.1. The summed E-state index contributed by atoms with van der Waals surface area (Å²) in [6.07, 6.45) is 4.19. The number of hydrogen-bond donors (Lipinski definition) is 1. The van der Waals surface area contributed by atoms with Gasteiger partial charge in [0.05, 0.1) is 23.1 Å². The lowest BCUT2D eigenvalue weighted by Crippen LogP contribution is -2.55. The third kappa shape index (κ3) is 2.88. The van der Waals surface area contributed by atoms with Gasteiger partial charge in [0.2, 0.25) is 0 Å². The number of aromatic nitrogens is 3. The molecule has 1 N–H and O–H groups in total. The molecular weight excluding hydrogens is 350 g/mol. The number of fused-ring (bicyclic) bond motifs is 2. The van der Waals surface area contributed by atoms with Crippen LogP contribution in [0.1, 0.15) is 35.7 Å². The average Bonchev–Trinajstić information content (AvgIpc) is 3.30. The number of imidazole rings is 1. The maximum absolute atomic E-state index is 5.34.